The molecule has 2 nitrogen and oxygen atoms in total. The van der Waals surface area contributed by atoms with Crippen molar-refractivity contribution in [3.63, 3.8) is 0 Å². The summed E-state index contributed by atoms with van der Waals surface area (Å²) in [5.74, 6) is 0. The third-order valence-electron chi connectivity index (χ3n) is 0.268. The molecule has 4 heteroatoms. The van der Waals surface area contributed by atoms with Gasteiger partial charge in [-0.05, 0) is 9.12 Å². The van der Waals surface area contributed by atoms with Crippen molar-refractivity contribution in [2.45, 2.75) is 0 Å². The van der Waals surface area contributed by atoms with Crippen LogP contribution in [-0.4, -0.2) is 18.3 Å². The van der Waals surface area contributed by atoms with Gasteiger partial charge < -0.3 is 5.11 Å². The summed E-state index contributed by atoms with van der Waals surface area (Å²) in [6.45, 7) is 0.892. The normalized spacial score (nSPS) is 9.00. The maximum atomic E-state index is 8.12. The lowest BCUT2D eigenvalue weighted by molar-refractivity contribution is 0.302. The van der Waals surface area contributed by atoms with Crippen LogP contribution in [0.3, 0.4) is 0 Å². The molecule has 0 amide bonds. The molecule has 0 saturated carbocycles. The SMILES string of the molecule is OCCNSI. The zero-order valence-electron chi connectivity index (χ0n) is 3.15. The van der Waals surface area contributed by atoms with Crippen molar-refractivity contribution in [1.29, 1.82) is 0 Å². The summed E-state index contributed by atoms with van der Waals surface area (Å²) in [5.41, 5.74) is 0. The zero-order chi connectivity index (χ0) is 4.83. The molecule has 0 fully saturated rings. The summed E-state index contributed by atoms with van der Waals surface area (Å²) in [4.78, 5) is 0. The van der Waals surface area contributed by atoms with Crippen molar-refractivity contribution < 1.29 is 5.11 Å². The molecule has 0 aliphatic carbocycles. The van der Waals surface area contributed by atoms with E-state index in [4.69, 9.17) is 5.11 Å². The number of nitrogens with one attached hydrogen (secondary N) is 1. The average molecular weight is 219 g/mol. The third kappa shape index (κ3) is 5.00. The fourth-order valence-corrected chi connectivity index (χ4v) is 0.913. The molecule has 0 bridgehead atoms. The van der Waals surface area contributed by atoms with Crippen LogP contribution in [0.15, 0.2) is 0 Å². The quantitative estimate of drug-likeness (QED) is 0.413. The van der Waals surface area contributed by atoms with Gasteiger partial charge in [0.15, 0.2) is 0 Å². The summed E-state index contributed by atoms with van der Waals surface area (Å²) in [6, 6.07) is 0. The number of rotatable bonds is 3. The second-order valence-corrected chi connectivity index (χ2v) is 2.46. The summed E-state index contributed by atoms with van der Waals surface area (Å²) in [7, 11) is 1.49. The van der Waals surface area contributed by atoms with E-state index in [1.54, 1.807) is 0 Å². The predicted molar refractivity (Wildman–Crippen MR) is 36.7 cm³/mol. The third-order valence-corrected chi connectivity index (χ3v) is 1.52. The highest BCUT2D eigenvalue weighted by molar-refractivity contribution is 14.2. The van der Waals surface area contributed by atoms with E-state index in [0.29, 0.717) is 6.54 Å². The Labute approximate surface area is 53.4 Å². The van der Waals surface area contributed by atoms with Gasteiger partial charge in [0.05, 0.1) is 6.61 Å². The lowest BCUT2D eigenvalue weighted by Crippen LogP contribution is -2.06. The Kier molecular flexibility index (Phi) is 7.00. The summed E-state index contributed by atoms with van der Waals surface area (Å²) in [5, 5.41) is 8.12. The molecule has 0 aliphatic rings. The highest BCUT2D eigenvalue weighted by atomic mass is 127. The van der Waals surface area contributed by atoms with E-state index in [1.165, 1.54) is 9.12 Å². The summed E-state index contributed by atoms with van der Waals surface area (Å²) in [6.07, 6.45) is 0. The van der Waals surface area contributed by atoms with Gasteiger partial charge in [0.25, 0.3) is 0 Å². The van der Waals surface area contributed by atoms with Gasteiger partial charge in [-0.15, -0.1) is 0 Å². The molecule has 2 N–H and O–H groups in total. The molecular weight excluding hydrogens is 213 g/mol. The smallest absolute Gasteiger partial charge is 0.0565 e. The maximum Gasteiger partial charge on any atom is 0.0565 e. The van der Waals surface area contributed by atoms with E-state index in [1.807, 2.05) is 0 Å². The van der Waals surface area contributed by atoms with E-state index >= 15 is 0 Å². The van der Waals surface area contributed by atoms with Crippen LogP contribution < -0.4 is 4.72 Å². The van der Waals surface area contributed by atoms with Crippen LogP contribution in [0.4, 0.5) is 0 Å². The van der Waals surface area contributed by atoms with E-state index in [9.17, 15) is 0 Å². The Hall–Kier alpha value is 1.00. The molecule has 0 saturated heterocycles. The lowest BCUT2D eigenvalue weighted by atomic mass is 10.8. The molecule has 0 aromatic carbocycles. The molecule has 0 aliphatic heterocycles. The maximum absolute atomic E-state index is 8.12. The van der Waals surface area contributed by atoms with Crippen molar-refractivity contribution >= 4 is 30.3 Å². The number of hydrogen-bond acceptors (Lipinski definition) is 3. The number of hydrogen-bond donors (Lipinski definition) is 2. The van der Waals surface area contributed by atoms with Gasteiger partial charge >= 0.3 is 0 Å². The van der Waals surface area contributed by atoms with Crippen LogP contribution in [0.5, 0.6) is 0 Å². The number of halogens is 1. The number of aliphatic hydroxyl groups excluding tert-OH is 1. The summed E-state index contributed by atoms with van der Waals surface area (Å²) < 4.78 is 2.85. The van der Waals surface area contributed by atoms with Gasteiger partial charge in [-0.2, -0.15) is 0 Å². The molecule has 38 valence electrons. The molecule has 6 heavy (non-hydrogen) atoms. The van der Waals surface area contributed by atoms with Crippen molar-refractivity contribution in [2.75, 3.05) is 13.2 Å². The van der Waals surface area contributed by atoms with Gasteiger partial charge in [-0.3, -0.25) is 4.72 Å². The average Bonchev–Trinajstić information content (AvgIpc) is 1.61. The molecule has 0 heterocycles. The Morgan fingerprint density at radius 2 is 2.50 bits per heavy atom. The first kappa shape index (κ1) is 7.00. The molecule has 0 aromatic heterocycles. The first-order chi connectivity index (χ1) is 2.91. The van der Waals surface area contributed by atoms with Crippen LogP contribution in [-0.2, 0) is 0 Å². The second-order valence-electron chi connectivity index (χ2n) is 0.695. The second kappa shape index (κ2) is 6.00. The Morgan fingerprint density at radius 1 is 1.83 bits per heavy atom. The fraction of sp³-hybridized carbons (Fsp3) is 1.00. The fourth-order valence-electron chi connectivity index (χ4n) is 0.0842. The van der Waals surface area contributed by atoms with Crippen LogP contribution in [0, 0.1) is 0 Å². The van der Waals surface area contributed by atoms with E-state index < -0.39 is 0 Å². The van der Waals surface area contributed by atoms with Gasteiger partial charge in [0.2, 0.25) is 0 Å². The van der Waals surface area contributed by atoms with Crippen molar-refractivity contribution in [1.82, 2.24) is 4.72 Å². The van der Waals surface area contributed by atoms with Gasteiger partial charge in [-0.25, -0.2) is 0 Å². The minimum Gasteiger partial charge on any atom is -0.395 e. The minimum absolute atomic E-state index is 0.218. The molecule has 0 spiro atoms. The predicted octanol–water partition coefficient (Wildman–Crippen LogP) is 0.567. The largest absolute Gasteiger partial charge is 0.395 e. The lowest BCUT2D eigenvalue weighted by Gasteiger charge is -1.88. The standard InChI is InChI=1S/C2H6INOS/c3-6-4-1-2-5/h4-5H,1-2H2. The first-order valence-electron chi connectivity index (χ1n) is 1.53. The van der Waals surface area contributed by atoms with Crippen LogP contribution in [0.2, 0.25) is 0 Å². The Morgan fingerprint density at radius 3 is 2.67 bits per heavy atom. The van der Waals surface area contributed by atoms with Gasteiger partial charge in [-0.1, -0.05) is 0 Å². The minimum atomic E-state index is 0.218. The Bertz CT molecular complexity index is 25.5. The van der Waals surface area contributed by atoms with E-state index in [2.05, 4.69) is 25.9 Å². The monoisotopic (exact) mass is 219 g/mol. The van der Waals surface area contributed by atoms with Crippen LogP contribution in [0.25, 0.3) is 0 Å². The summed E-state index contributed by atoms with van der Waals surface area (Å²) >= 11 is 2.11. The van der Waals surface area contributed by atoms with Gasteiger partial charge in [0.1, 0.15) is 0 Å². The van der Waals surface area contributed by atoms with Crippen molar-refractivity contribution in [3.8, 4) is 0 Å². The highest BCUT2D eigenvalue weighted by Gasteiger charge is 1.74. The van der Waals surface area contributed by atoms with Crippen LogP contribution in [0.1, 0.15) is 0 Å². The van der Waals surface area contributed by atoms with Crippen molar-refractivity contribution in [3.05, 3.63) is 0 Å². The molecule has 0 rings (SSSR count). The Balaban J connectivity index is 2.34. The molecule has 0 atom stereocenters. The van der Waals surface area contributed by atoms with Crippen LogP contribution >= 0.6 is 30.3 Å². The topological polar surface area (TPSA) is 32.3 Å². The van der Waals surface area contributed by atoms with Gasteiger partial charge in [0, 0.05) is 27.8 Å². The highest BCUT2D eigenvalue weighted by Crippen LogP contribution is 2.01. The van der Waals surface area contributed by atoms with Crippen molar-refractivity contribution in [2.24, 2.45) is 0 Å². The zero-order valence-corrected chi connectivity index (χ0v) is 6.12. The number of aliphatic hydroxyl groups is 1. The molecular formula is C2H6INOS. The van der Waals surface area contributed by atoms with E-state index in [0.717, 1.165) is 0 Å². The van der Waals surface area contributed by atoms with E-state index in [-0.39, 0.29) is 6.61 Å². The first-order valence-corrected chi connectivity index (χ1v) is 4.89. The molecule has 0 radical (unpaired) electrons. The molecule has 0 unspecified atom stereocenters. The molecule has 0 aromatic rings.